The number of aliphatic carboxylic acids is 1. The molecule has 0 saturated heterocycles. The maximum absolute atomic E-state index is 11.0. The lowest BCUT2D eigenvalue weighted by atomic mass is 9.53. The van der Waals surface area contributed by atoms with Gasteiger partial charge in [-0.05, 0) is 97.3 Å². The number of methoxy groups -OCH3 is 2. The van der Waals surface area contributed by atoms with Crippen LogP contribution >= 0.6 is 0 Å². The number of aryl methyl sites for hydroxylation is 1. The van der Waals surface area contributed by atoms with Crippen LogP contribution in [-0.2, 0) is 16.0 Å². The molecule has 0 spiro atoms. The quantitative estimate of drug-likeness (QED) is 0.743. The van der Waals surface area contributed by atoms with Crippen molar-refractivity contribution in [2.45, 2.75) is 70.3 Å². The third-order valence-corrected chi connectivity index (χ3v) is 8.24. The van der Waals surface area contributed by atoms with Crippen molar-refractivity contribution >= 4 is 5.97 Å². The minimum Gasteiger partial charge on any atom is -0.497 e. The summed E-state index contributed by atoms with van der Waals surface area (Å²) in [4.78, 5) is 11.0. The molecule has 3 aliphatic carbocycles. The Balaban J connectivity index is 1.61. The predicted molar refractivity (Wildman–Crippen MR) is 109 cm³/mol. The monoisotopic (exact) mass is 386 g/mol. The molecule has 2 fully saturated rings. The minimum absolute atomic E-state index is 0.230. The topological polar surface area (TPSA) is 55.8 Å². The van der Waals surface area contributed by atoms with Crippen LogP contribution < -0.4 is 4.74 Å². The maximum atomic E-state index is 11.0. The zero-order chi connectivity index (χ0) is 19.9. The maximum Gasteiger partial charge on any atom is 0.303 e. The summed E-state index contributed by atoms with van der Waals surface area (Å²) in [6, 6.07) is 6.65. The van der Waals surface area contributed by atoms with Gasteiger partial charge in [-0.1, -0.05) is 13.0 Å². The summed E-state index contributed by atoms with van der Waals surface area (Å²) >= 11 is 0. The molecule has 3 aliphatic rings. The van der Waals surface area contributed by atoms with Crippen LogP contribution in [0, 0.1) is 23.2 Å². The summed E-state index contributed by atoms with van der Waals surface area (Å²) in [5.74, 6) is 2.83. The van der Waals surface area contributed by atoms with E-state index in [1.807, 2.05) is 7.11 Å². The number of fused-ring (bicyclic) bond motifs is 5. The van der Waals surface area contributed by atoms with Crippen LogP contribution in [0.5, 0.6) is 5.75 Å². The minimum atomic E-state index is -0.675. The lowest BCUT2D eigenvalue weighted by Gasteiger charge is -2.52. The molecule has 1 aromatic rings. The molecule has 0 amide bonds. The number of rotatable bonds is 6. The first-order valence-electron chi connectivity index (χ1n) is 10.9. The number of carboxylic acid groups (broad SMARTS) is 1. The van der Waals surface area contributed by atoms with Crippen LogP contribution in [-0.4, -0.2) is 31.4 Å². The Bertz CT molecular complexity index is 729. The Morgan fingerprint density at radius 3 is 2.82 bits per heavy atom. The predicted octanol–water partition coefficient (Wildman–Crippen LogP) is 5.05. The number of ether oxygens (including phenoxy) is 2. The lowest BCUT2D eigenvalue weighted by molar-refractivity contribution is -0.137. The number of carbonyl (C=O) groups is 1. The molecule has 3 unspecified atom stereocenters. The highest BCUT2D eigenvalue weighted by Gasteiger charge is 2.58. The third-order valence-electron chi connectivity index (χ3n) is 8.24. The standard InChI is InChI=1S/C24H34O4/c1-24-12-11-19-18-10-8-17(27-2)13-15(18)7-9-20(19)23(24)16(14-21(24)28-3)5-4-6-22(25)26/h8,10,13,16,19-21,23H,4-7,9,11-12,14H2,1-3H3,(H,25,26)/t16-,19?,20?,21+,23?,24-/m1/s1. The third kappa shape index (κ3) is 3.24. The Hall–Kier alpha value is -1.55. The molecule has 4 nitrogen and oxygen atoms in total. The van der Waals surface area contributed by atoms with Crippen molar-refractivity contribution in [2.75, 3.05) is 14.2 Å². The van der Waals surface area contributed by atoms with Crippen LogP contribution in [0.4, 0.5) is 0 Å². The van der Waals surface area contributed by atoms with E-state index in [0.29, 0.717) is 29.8 Å². The fraction of sp³-hybridized carbons (Fsp3) is 0.708. The van der Waals surface area contributed by atoms with Gasteiger partial charge in [-0.25, -0.2) is 0 Å². The molecule has 1 aromatic carbocycles. The Morgan fingerprint density at radius 1 is 1.29 bits per heavy atom. The molecule has 1 N–H and O–H groups in total. The van der Waals surface area contributed by atoms with Crippen molar-refractivity contribution in [1.29, 1.82) is 0 Å². The molecule has 28 heavy (non-hydrogen) atoms. The van der Waals surface area contributed by atoms with Gasteiger partial charge in [-0.2, -0.15) is 0 Å². The molecular formula is C24H34O4. The summed E-state index contributed by atoms with van der Waals surface area (Å²) < 4.78 is 11.4. The average molecular weight is 387 g/mol. The normalized spacial score (nSPS) is 36.3. The summed E-state index contributed by atoms with van der Waals surface area (Å²) in [6.45, 7) is 2.45. The van der Waals surface area contributed by atoms with E-state index in [2.05, 4.69) is 25.1 Å². The van der Waals surface area contributed by atoms with Gasteiger partial charge in [0.15, 0.2) is 0 Å². The van der Waals surface area contributed by atoms with Crippen molar-refractivity contribution in [2.24, 2.45) is 23.2 Å². The van der Waals surface area contributed by atoms with E-state index >= 15 is 0 Å². The van der Waals surface area contributed by atoms with Gasteiger partial charge >= 0.3 is 5.97 Å². The van der Waals surface area contributed by atoms with E-state index in [9.17, 15) is 4.79 Å². The highest BCUT2D eigenvalue weighted by atomic mass is 16.5. The van der Waals surface area contributed by atoms with Crippen molar-refractivity contribution in [1.82, 2.24) is 0 Å². The van der Waals surface area contributed by atoms with E-state index in [0.717, 1.165) is 31.4 Å². The van der Waals surface area contributed by atoms with Gasteiger partial charge in [0, 0.05) is 13.5 Å². The number of hydrogen-bond acceptors (Lipinski definition) is 3. The smallest absolute Gasteiger partial charge is 0.303 e. The number of benzene rings is 1. The molecule has 4 rings (SSSR count). The summed E-state index contributed by atoms with van der Waals surface area (Å²) in [7, 11) is 3.60. The molecule has 6 atom stereocenters. The van der Waals surface area contributed by atoms with E-state index in [4.69, 9.17) is 14.6 Å². The van der Waals surface area contributed by atoms with Crippen LogP contribution in [0.3, 0.4) is 0 Å². The van der Waals surface area contributed by atoms with Crippen LogP contribution in [0.2, 0.25) is 0 Å². The first kappa shape index (κ1) is 19.8. The molecule has 2 saturated carbocycles. The van der Waals surface area contributed by atoms with Gasteiger partial charge in [0.05, 0.1) is 13.2 Å². The highest BCUT2D eigenvalue weighted by molar-refractivity contribution is 5.66. The zero-order valence-corrected chi connectivity index (χ0v) is 17.4. The molecular weight excluding hydrogens is 352 g/mol. The van der Waals surface area contributed by atoms with E-state index in [-0.39, 0.29) is 11.8 Å². The SMILES string of the molecule is COc1ccc2c(c1)CCC1C2CC[C@@]2(C)C1[C@H](CCCC(=O)O)C[C@@H]2OC. The summed E-state index contributed by atoms with van der Waals surface area (Å²) in [6.07, 6.45) is 8.29. The fourth-order valence-corrected chi connectivity index (χ4v) is 7.10. The Kier molecular flexibility index (Phi) is 5.43. The zero-order valence-electron chi connectivity index (χ0n) is 17.4. The van der Waals surface area contributed by atoms with Gasteiger partial charge in [-0.15, -0.1) is 0 Å². The Morgan fingerprint density at radius 2 is 2.11 bits per heavy atom. The summed E-state index contributed by atoms with van der Waals surface area (Å²) in [5, 5.41) is 9.07. The second-order valence-electron chi connectivity index (χ2n) is 9.45. The number of hydrogen-bond donors (Lipinski definition) is 1. The second kappa shape index (κ2) is 7.70. The molecule has 0 aromatic heterocycles. The molecule has 0 bridgehead atoms. The van der Waals surface area contributed by atoms with Crippen molar-refractivity contribution in [3.8, 4) is 5.75 Å². The number of carboxylic acids is 1. The van der Waals surface area contributed by atoms with Gasteiger partial charge in [0.2, 0.25) is 0 Å². The van der Waals surface area contributed by atoms with E-state index < -0.39 is 5.97 Å². The lowest BCUT2D eigenvalue weighted by Crippen LogP contribution is -2.45. The first-order valence-corrected chi connectivity index (χ1v) is 10.9. The molecule has 0 heterocycles. The molecule has 4 heteroatoms. The van der Waals surface area contributed by atoms with Gasteiger partial charge in [0.25, 0.3) is 0 Å². The van der Waals surface area contributed by atoms with Gasteiger partial charge < -0.3 is 14.6 Å². The van der Waals surface area contributed by atoms with Crippen LogP contribution in [0.1, 0.15) is 68.9 Å². The molecule has 0 radical (unpaired) electrons. The highest BCUT2D eigenvalue weighted by Crippen LogP contribution is 2.64. The van der Waals surface area contributed by atoms with Crippen molar-refractivity contribution in [3.05, 3.63) is 29.3 Å². The average Bonchev–Trinajstić information content (AvgIpc) is 2.98. The fourth-order valence-electron chi connectivity index (χ4n) is 7.10. The second-order valence-corrected chi connectivity index (χ2v) is 9.45. The molecule has 154 valence electrons. The van der Waals surface area contributed by atoms with Crippen LogP contribution in [0.15, 0.2) is 18.2 Å². The van der Waals surface area contributed by atoms with E-state index in [1.165, 1.54) is 30.4 Å². The summed E-state index contributed by atoms with van der Waals surface area (Å²) in [5.41, 5.74) is 3.23. The van der Waals surface area contributed by atoms with Crippen molar-refractivity contribution in [3.63, 3.8) is 0 Å². The van der Waals surface area contributed by atoms with Gasteiger partial charge in [-0.3, -0.25) is 4.79 Å². The van der Waals surface area contributed by atoms with Crippen LogP contribution in [0.25, 0.3) is 0 Å². The van der Waals surface area contributed by atoms with E-state index in [1.54, 1.807) is 7.11 Å². The van der Waals surface area contributed by atoms with Gasteiger partial charge in [0.1, 0.15) is 5.75 Å². The molecule has 0 aliphatic heterocycles. The first-order chi connectivity index (χ1) is 13.5. The van der Waals surface area contributed by atoms with Crippen molar-refractivity contribution < 1.29 is 19.4 Å². The largest absolute Gasteiger partial charge is 0.497 e. The Labute approximate surface area is 168 Å².